The smallest absolute Gasteiger partial charge is 0.172 e. The summed E-state index contributed by atoms with van der Waals surface area (Å²) in [6, 6.07) is 0. The van der Waals surface area contributed by atoms with Crippen LogP contribution in [0.4, 0.5) is 0 Å². The maximum Gasteiger partial charge on any atom is 0.172 e. The Labute approximate surface area is 159 Å². The first-order valence-corrected chi connectivity index (χ1v) is 11.7. The molecule has 2 heterocycles. The second-order valence-electron chi connectivity index (χ2n) is 7.54. The molecule has 1 aliphatic heterocycles. The van der Waals surface area contributed by atoms with Gasteiger partial charge in [0, 0.05) is 10.8 Å². The summed E-state index contributed by atoms with van der Waals surface area (Å²) in [7, 11) is 0. The van der Waals surface area contributed by atoms with Crippen molar-refractivity contribution in [3.63, 3.8) is 0 Å². The summed E-state index contributed by atoms with van der Waals surface area (Å²) in [6.45, 7) is 3.01. The molecule has 2 nitrogen and oxygen atoms in total. The van der Waals surface area contributed by atoms with Gasteiger partial charge in [-0.3, -0.25) is 0 Å². The van der Waals surface area contributed by atoms with Crippen molar-refractivity contribution in [3.8, 4) is 11.5 Å². The van der Waals surface area contributed by atoms with Crippen LogP contribution in [0.1, 0.15) is 103 Å². The van der Waals surface area contributed by atoms with Crippen LogP contribution in [0.15, 0.2) is 10.8 Å². The summed E-state index contributed by atoms with van der Waals surface area (Å²) < 4.78 is 11.7. The summed E-state index contributed by atoms with van der Waals surface area (Å²) in [5.41, 5.74) is 0. The Balaban J connectivity index is 1.31. The topological polar surface area (TPSA) is 18.5 Å². The third-order valence-corrected chi connectivity index (χ3v) is 5.89. The summed E-state index contributed by atoms with van der Waals surface area (Å²) in [6.07, 6.45) is 21.2. The van der Waals surface area contributed by atoms with Crippen LogP contribution in [0.5, 0.6) is 11.5 Å². The van der Waals surface area contributed by atoms with Crippen LogP contribution >= 0.6 is 11.3 Å². The lowest BCUT2D eigenvalue weighted by atomic mass is 10.0. The molecule has 1 atom stereocenters. The lowest BCUT2D eigenvalue weighted by molar-refractivity contribution is 0.0842. The number of rotatable bonds is 15. The zero-order valence-electron chi connectivity index (χ0n) is 16.3. The van der Waals surface area contributed by atoms with Crippen molar-refractivity contribution < 1.29 is 9.47 Å². The highest BCUT2D eigenvalue weighted by Gasteiger charge is 2.20. The fourth-order valence-electron chi connectivity index (χ4n) is 3.57. The van der Waals surface area contributed by atoms with Crippen LogP contribution in [0.2, 0.25) is 0 Å². The van der Waals surface area contributed by atoms with E-state index in [0.717, 1.165) is 24.5 Å². The molecule has 0 bridgehead atoms. The van der Waals surface area contributed by atoms with E-state index in [1.807, 2.05) is 10.8 Å². The first-order chi connectivity index (χ1) is 12.4. The molecule has 0 fully saturated rings. The molecule has 1 aromatic heterocycles. The molecule has 0 spiro atoms. The number of hydrogen-bond donors (Lipinski definition) is 0. The summed E-state index contributed by atoms with van der Waals surface area (Å²) in [5, 5.41) is 4.07. The quantitative estimate of drug-likeness (QED) is 0.295. The zero-order valence-corrected chi connectivity index (χ0v) is 17.1. The normalized spacial score (nSPS) is 16.3. The van der Waals surface area contributed by atoms with Gasteiger partial charge in [0.05, 0.1) is 0 Å². The standard InChI is InChI=1S/C22H38O2S/c1-2-3-4-5-6-7-8-9-10-11-12-13-14-15-16-20-17-23-21-18-25-19-22(21)24-20/h18-20H,2-17H2,1H3. The lowest BCUT2D eigenvalue weighted by Gasteiger charge is -2.24. The Bertz CT molecular complexity index is 429. The molecular weight excluding hydrogens is 328 g/mol. The van der Waals surface area contributed by atoms with E-state index in [1.165, 1.54) is 89.9 Å². The molecule has 1 unspecified atom stereocenters. The van der Waals surface area contributed by atoms with Gasteiger partial charge in [0.2, 0.25) is 0 Å². The number of thiophene rings is 1. The van der Waals surface area contributed by atoms with Crippen LogP contribution in [0.25, 0.3) is 0 Å². The van der Waals surface area contributed by atoms with E-state index in [9.17, 15) is 0 Å². The zero-order chi connectivity index (χ0) is 17.6. The molecular formula is C22H38O2S. The lowest BCUT2D eigenvalue weighted by Crippen LogP contribution is -2.28. The molecule has 0 radical (unpaired) electrons. The van der Waals surface area contributed by atoms with Crippen molar-refractivity contribution in [3.05, 3.63) is 10.8 Å². The van der Waals surface area contributed by atoms with E-state index in [1.54, 1.807) is 11.3 Å². The highest BCUT2D eigenvalue weighted by atomic mass is 32.1. The number of fused-ring (bicyclic) bond motifs is 1. The average Bonchev–Trinajstić information content (AvgIpc) is 3.10. The minimum absolute atomic E-state index is 0.263. The highest BCUT2D eigenvalue weighted by molar-refractivity contribution is 7.08. The predicted molar refractivity (Wildman–Crippen MR) is 109 cm³/mol. The number of hydrogen-bond acceptors (Lipinski definition) is 3. The Hall–Kier alpha value is -0.700. The van der Waals surface area contributed by atoms with E-state index in [-0.39, 0.29) is 6.10 Å². The number of ether oxygens (including phenoxy) is 2. The third-order valence-electron chi connectivity index (χ3n) is 5.19. The van der Waals surface area contributed by atoms with Gasteiger partial charge < -0.3 is 9.47 Å². The maximum absolute atomic E-state index is 5.97. The molecule has 2 rings (SSSR count). The van der Waals surface area contributed by atoms with Crippen molar-refractivity contribution in [2.75, 3.05) is 6.61 Å². The van der Waals surface area contributed by atoms with E-state index in [2.05, 4.69) is 6.92 Å². The second-order valence-corrected chi connectivity index (χ2v) is 8.28. The molecule has 0 saturated heterocycles. The first kappa shape index (κ1) is 20.6. The SMILES string of the molecule is CCCCCCCCCCCCCCCCC1COc2cscc2O1. The van der Waals surface area contributed by atoms with E-state index >= 15 is 0 Å². The summed E-state index contributed by atoms with van der Waals surface area (Å²) in [4.78, 5) is 0. The van der Waals surface area contributed by atoms with Crippen molar-refractivity contribution >= 4 is 11.3 Å². The molecule has 0 aliphatic carbocycles. The van der Waals surface area contributed by atoms with Crippen LogP contribution in [-0.4, -0.2) is 12.7 Å². The largest absolute Gasteiger partial charge is 0.485 e. The van der Waals surface area contributed by atoms with E-state index in [4.69, 9.17) is 9.47 Å². The van der Waals surface area contributed by atoms with Crippen molar-refractivity contribution in [2.24, 2.45) is 0 Å². The Morgan fingerprint density at radius 2 is 1.28 bits per heavy atom. The highest BCUT2D eigenvalue weighted by Crippen LogP contribution is 2.36. The van der Waals surface area contributed by atoms with Gasteiger partial charge >= 0.3 is 0 Å². The molecule has 0 N–H and O–H groups in total. The van der Waals surface area contributed by atoms with E-state index < -0.39 is 0 Å². The minimum atomic E-state index is 0.263. The number of unbranched alkanes of at least 4 members (excludes halogenated alkanes) is 13. The monoisotopic (exact) mass is 366 g/mol. The fraction of sp³-hybridized carbons (Fsp3) is 0.818. The first-order valence-electron chi connectivity index (χ1n) is 10.8. The predicted octanol–water partition coefficient (Wildman–Crippen LogP) is 7.76. The Kier molecular flexibility index (Phi) is 11.1. The van der Waals surface area contributed by atoms with Gasteiger partial charge in [-0.1, -0.05) is 90.4 Å². The minimum Gasteiger partial charge on any atom is -0.485 e. The van der Waals surface area contributed by atoms with Gasteiger partial charge in [-0.25, -0.2) is 0 Å². The van der Waals surface area contributed by atoms with Crippen LogP contribution in [0, 0.1) is 0 Å². The van der Waals surface area contributed by atoms with Gasteiger partial charge in [0.1, 0.15) is 12.7 Å². The molecule has 0 amide bonds. The van der Waals surface area contributed by atoms with Crippen LogP contribution < -0.4 is 9.47 Å². The van der Waals surface area contributed by atoms with Gasteiger partial charge in [-0.05, 0) is 12.8 Å². The molecule has 3 heteroatoms. The molecule has 144 valence electrons. The van der Waals surface area contributed by atoms with E-state index in [0.29, 0.717) is 0 Å². The van der Waals surface area contributed by atoms with Crippen molar-refractivity contribution in [1.82, 2.24) is 0 Å². The Morgan fingerprint density at radius 1 is 0.760 bits per heavy atom. The van der Waals surface area contributed by atoms with Gasteiger partial charge in [-0.2, -0.15) is 0 Å². The third kappa shape index (κ3) is 8.99. The Morgan fingerprint density at radius 3 is 1.88 bits per heavy atom. The molecule has 0 aromatic carbocycles. The fourth-order valence-corrected chi connectivity index (χ4v) is 4.24. The summed E-state index contributed by atoms with van der Waals surface area (Å²) in [5.74, 6) is 1.88. The van der Waals surface area contributed by atoms with Crippen LogP contribution in [-0.2, 0) is 0 Å². The van der Waals surface area contributed by atoms with Crippen LogP contribution in [0.3, 0.4) is 0 Å². The molecule has 1 aliphatic rings. The van der Waals surface area contributed by atoms with Gasteiger partial charge in [0.15, 0.2) is 11.5 Å². The molecule has 1 aromatic rings. The van der Waals surface area contributed by atoms with Crippen molar-refractivity contribution in [1.29, 1.82) is 0 Å². The average molecular weight is 367 g/mol. The maximum atomic E-state index is 5.97. The second kappa shape index (κ2) is 13.5. The molecule has 25 heavy (non-hydrogen) atoms. The summed E-state index contributed by atoms with van der Waals surface area (Å²) >= 11 is 1.66. The van der Waals surface area contributed by atoms with Gasteiger partial charge in [-0.15, -0.1) is 11.3 Å². The van der Waals surface area contributed by atoms with Crippen molar-refractivity contribution in [2.45, 2.75) is 109 Å². The van der Waals surface area contributed by atoms with Gasteiger partial charge in [0.25, 0.3) is 0 Å². The molecule has 0 saturated carbocycles.